The summed E-state index contributed by atoms with van der Waals surface area (Å²) in [4.78, 5) is 33.9. The molecule has 1 fully saturated rings. The first-order valence-electron chi connectivity index (χ1n) is 15.4. The zero-order valence-electron chi connectivity index (χ0n) is 25.7. The third-order valence-corrected chi connectivity index (χ3v) is 8.66. The summed E-state index contributed by atoms with van der Waals surface area (Å²) < 4.78 is 19.3. The maximum atomic E-state index is 14.1. The molecule has 3 aromatic rings. The summed E-state index contributed by atoms with van der Waals surface area (Å²) in [6, 6.07) is 19.9. The number of hydrogen-bond acceptors (Lipinski definition) is 5. The van der Waals surface area contributed by atoms with Gasteiger partial charge in [-0.15, -0.1) is 0 Å². The summed E-state index contributed by atoms with van der Waals surface area (Å²) in [7, 11) is 1.98. The van der Waals surface area contributed by atoms with Crippen molar-refractivity contribution in [2.24, 2.45) is 5.92 Å². The molecule has 0 spiro atoms. The number of amides is 2. The normalized spacial score (nSPS) is 16.7. The fraction of sp³-hybridized carbons (Fsp3) is 0.429. The van der Waals surface area contributed by atoms with Gasteiger partial charge in [0.1, 0.15) is 23.4 Å². The molecule has 1 saturated heterocycles. The van der Waals surface area contributed by atoms with Crippen LogP contribution in [0.3, 0.4) is 0 Å². The van der Waals surface area contributed by atoms with Crippen molar-refractivity contribution in [2.75, 3.05) is 44.7 Å². The number of anilines is 1. The van der Waals surface area contributed by atoms with E-state index in [2.05, 4.69) is 10.2 Å². The Labute approximate surface area is 254 Å². The van der Waals surface area contributed by atoms with Crippen molar-refractivity contribution in [2.45, 2.75) is 52.1 Å². The lowest BCUT2D eigenvalue weighted by Crippen LogP contribution is -2.56. The van der Waals surface area contributed by atoms with Crippen LogP contribution < -0.4 is 15.0 Å². The standard InChI is InChI=1S/C35H43FN4O3/c1-24(2)33(35(42)39-19-16-28(17-20-39)37-18-15-26-9-11-27(36)12-10-26)40-22-21-38(4)31-14-13-29(23-30(31)34(40)41)43-32-8-6-5-7-25(32)3/h5-14,23-24,28,33,37H,15-22H2,1-4H3/t33-/m1/s1. The SMILES string of the molecule is Cc1ccccc1Oc1ccc2c(c1)C(=O)N([C@@H](C(=O)N1CCC(NCCc3ccc(F)cc3)CC1)C(C)C)CCN2C. The molecule has 0 aromatic heterocycles. The molecular formula is C35H43FN4O3. The van der Waals surface area contributed by atoms with E-state index in [1.165, 1.54) is 12.1 Å². The number of ether oxygens (including phenoxy) is 1. The van der Waals surface area contributed by atoms with E-state index in [1.54, 1.807) is 4.90 Å². The van der Waals surface area contributed by atoms with Crippen LogP contribution in [-0.2, 0) is 11.2 Å². The Morgan fingerprint density at radius 1 is 1.00 bits per heavy atom. The molecule has 2 amide bonds. The van der Waals surface area contributed by atoms with E-state index in [0.29, 0.717) is 43.5 Å². The van der Waals surface area contributed by atoms with Crippen LogP contribution in [0.15, 0.2) is 66.7 Å². The molecule has 8 heteroatoms. The van der Waals surface area contributed by atoms with Crippen LogP contribution in [0.1, 0.15) is 48.2 Å². The molecule has 2 aliphatic rings. The van der Waals surface area contributed by atoms with Gasteiger partial charge in [-0.3, -0.25) is 9.59 Å². The van der Waals surface area contributed by atoms with Crippen molar-refractivity contribution in [3.05, 3.63) is 89.2 Å². The summed E-state index contributed by atoms with van der Waals surface area (Å²) >= 11 is 0. The summed E-state index contributed by atoms with van der Waals surface area (Å²) in [5.41, 5.74) is 3.50. The zero-order valence-corrected chi connectivity index (χ0v) is 25.7. The topological polar surface area (TPSA) is 65.1 Å². The summed E-state index contributed by atoms with van der Waals surface area (Å²) in [5, 5.41) is 3.60. The molecule has 7 nitrogen and oxygen atoms in total. The number of para-hydroxylation sites is 1. The minimum absolute atomic E-state index is 0.0199. The number of aryl methyl sites for hydroxylation is 1. The first kappa shape index (κ1) is 30.5. The number of likely N-dealkylation sites (N-methyl/N-ethyl adjacent to an activating group) is 1. The average molecular weight is 587 g/mol. The number of piperidine rings is 1. The number of benzene rings is 3. The van der Waals surface area contributed by atoms with Gasteiger partial charge in [-0.05, 0) is 86.2 Å². The van der Waals surface area contributed by atoms with Gasteiger partial charge in [0.15, 0.2) is 0 Å². The highest BCUT2D eigenvalue weighted by Crippen LogP contribution is 2.33. The molecular weight excluding hydrogens is 543 g/mol. The molecule has 2 heterocycles. The number of rotatable bonds is 9. The highest BCUT2D eigenvalue weighted by Gasteiger charge is 2.39. The maximum absolute atomic E-state index is 14.1. The largest absolute Gasteiger partial charge is 0.457 e. The Hall–Kier alpha value is -3.91. The second-order valence-electron chi connectivity index (χ2n) is 12.1. The lowest BCUT2D eigenvalue weighted by Gasteiger charge is -2.39. The molecule has 0 bridgehead atoms. The van der Waals surface area contributed by atoms with E-state index < -0.39 is 6.04 Å². The van der Waals surface area contributed by atoms with Crippen LogP contribution in [0.5, 0.6) is 11.5 Å². The Morgan fingerprint density at radius 2 is 1.72 bits per heavy atom. The number of hydrogen-bond donors (Lipinski definition) is 1. The molecule has 0 unspecified atom stereocenters. The van der Waals surface area contributed by atoms with Crippen LogP contribution in [0.4, 0.5) is 10.1 Å². The Balaban J connectivity index is 1.25. The maximum Gasteiger partial charge on any atom is 0.256 e. The van der Waals surface area contributed by atoms with Gasteiger partial charge in [-0.1, -0.05) is 44.2 Å². The van der Waals surface area contributed by atoms with E-state index in [0.717, 1.165) is 48.4 Å². The number of likely N-dealkylation sites (tertiary alicyclic amines) is 1. The summed E-state index contributed by atoms with van der Waals surface area (Å²) in [6.45, 7) is 9.25. The second-order valence-corrected chi connectivity index (χ2v) is 12.1. The smallest absolute Gasteiger partial charge is 0.256 e. The van der Waals surface area contributed by atoms with E-state index in [4.69, 9.17) is 4.74 Å². The number of nitrogens with one attached hydrogen (secondary N) is 1. The van der Waals surface area contributed by atoms with Crippen LogP contribution >= 0.6 is 0 Å². The third kappa shape index (κ3) is 7.19. The Kier molecular flexibility index (Phi) is 9.65. The quantitative estimate of drug-likeness (QED) is 0.350. The minimum Gasteiger partial charge on any atom is -0.457 e. The first-order chi connectivity index (χ1) is 20.7. The number of nitrogens with zero attached hydrogens (tertiary/aromatic N) is 3. The molecule has 228 valence electrons. The van der Waals surface area contributed by atoms with Crippen molar-refractivity contribution in [3.63, 3.8) is 0 Å². The lowest BCUT2D eigenvalue weighted by atomic mass is 9.97. The molecule has 0 aliphatic carbocycles. The average Bonchev–Trinajstić information content (AvgIpc) is 3.11. The monoisotopic (exact) mass is 586 g/mol. The van der Waals surface area contributed by atoms with Gasteiger partial charge in [0.05, 0.1) is 5.56 Å². The molecule has 0 radical (unpaired) electrons. The predicted molar refractivity (Wildman–Crippen MR) is 168 cm³/mol. The van der Waals surface area contributed by atoms with Gasteiger partial charge < -0.3 is 24.8 Å². The van der Waals surface area contributed by atoms with Gasteiger partial charge >= 0.3 is 0 Å². The van der Waals surface area contributed by atoms with E-state index in [1.807, 2.05) is 87.3 Å². The number of carbonyl (C=O) groups is 2. The molecule has 3 aromatic carbocycles. The zero-order chi connectivity index (χ0) is 30.5. The number of carbonyl (C=O) groups excluding carboxylic acids is 2. The molecule has 1 atom stereocenters. The molecule has 0 saturated carbocycles. The second kappa shape index (κ2) is 13.6. The van der Waals surface area contributed by atoms with Crippen molar-refractivity contribution in [1.82, 2.24) is 15.1 Å². The molecule has 43 heavy (non-hydrogen) atoms. The van der Waals surface area contributed by atoms with Gasteiger partial charge in [0, 0.05) is 45.0 Å². The van der Waals surface area contributed by atoms with Crippen LogP contribution in [0.25, 0.3) is 0 Å². The summed E-state index contributed by atoms with van der Waals surface area (Å²) in [6.07, 6.45) is 2.55. The van der Waals surface area contributed by atoms with Crippen molar-refractivity contribution in [3.8, 4) is 11.5 Å². The minimum atomic E-state index is -0.546. The van der Waals surface area contributed by atoms with Crippen LogP contribution in [0.2, 0.25) is 0 Å². The van der Waals surface area contributed by atoms with E-state index in [-0.39, 0.29) is 23.5 Å². The fourth-order valence-corrected chi connectivity index (χ4v) is 6.12. The van der Waals surface area contributed by atoms with Gasteiger partial charge in [-0.25, -0.2) is 4.39 Å². The van der Waals surface area contributed by atoms with Crippen molar-refractivity contribution >= 4 is 17.5 Å². The Morgan fingerprint density at radius 3 is 2.42 bits per heavy atom. The third-order valence-electron chi connectivity index (χ3n) is 8.66. The van der Waals surface area contributed by atoms with Crippen molar-refractivity contribution < 1.29 is 18.7 Å². The highest BCUT2D eigenvalue weighted by molar-refractivity contribution is 6.03. The van der Waals surface area contributed by atoms with Gasteiger partial charge in [-0.2, -0.15) is 0 Å². The van der Waals surface area contributed by atoms with Crippen molar-refractivity contribution in [1.29, 1.82) is 0 Å². The van der Waals surface area contributed by atoms with E-state index >= 15 is 0 Å². The van der Waals surface area contributed by atoms with Gasteiger partial charge in [0.25, 0.3) is 5.91 Å². The molecule has 5 rings (SSSR count). The van der Waals surface area contributed by atoms with Crippen LogP contribution in [-0.4, -0.2) is 73.5 Å². The Bertz CT molecular complexity index is 1420. The van der Waals surface area contributed by atoms with Crippen LogP contribution in [0, 0.1) is 18.7 Å². The molecule has 2 aliphatic heterocycles. The number of fused-ring (bicyclic) bond motifs is 1. The predicted octanol–water partition coefficient (Wildman–Crippen LogP) is 5.67. The van der Waals surface area contributed by atoms with E-state index in [9.17, 15) is 14.0 Å². The van der Waals surface area contributed by atoms with Gasteiger partial charge in [0.2, 0.25) is 5.91 Å². The molecule has 1 N–H and O–H groups in total. The first-order valence-corrected chi connectivity index (χ1v) is 15.4. The summed E-state index contributed by atoms with van der Waals surface area (Å²) in [5.74, 6) is 0.964. The lowest BCUT2D eigenvalue weighted by molar-refractivity contribution is -0.138. The fourth-order valence-electron chi connectivity index (χ4n) is 6.12. The number of halogens is 1. The highest BCUT2D eigenvalue weighted by atomic mass is 19.1.